The lowest BCUT2D eigenvalue weighted by Crippen LogP contribution is -2.17. The van der Waals surface area contributed by atoms with E-state index >= 15 is 0 Å². The average molecular weight is 231 g/mol. The SMILES string of the molecule is Cc1nnc(-c2ccccc2)n1C(C)C(=O)O. The molecule has 5 heteroatoms. The minimum atomic E-state index is -0.898. The summed E-state index contributed by atoms with van der Waals surface area (Å²) in [6.45, 7) is 3.37. The summed E-state index contributed by atoms with van der Waals surface area (Å²) in [6.07, 6.45) is 0. The molecule has 1 heterocycles. The Morgan fingerprint density at radius 3 is 2.53 bits per heavy atom. The van der Waals surface area contributed by atoms with Gasteiger partial charge in [-0.3, -0.25) is 4.57 Å². The highest BCUT2D eigenvalue weighted by Crippen LogP contribution is 2.21. The quantitative estimate of drug-likeness (QED) is 0.876. The second-order valence-corrected chi connectivity index (χ2v) is 3.82. The molecule has 0 saturated heterocycles. The van der Waals surface area contributed by atoms with Gasteiger partial charge in [0.1, 0.15) is 11.9 Å². The molecular weight excluding hydrogens is 218 g/mol. The number of aryl methyl sites for hydroxylation is 1. The van der Waals surface area contributed by atoms with Crippen molar-refractivity contribution >= 4 is 5.97 Å². The highest BCUT2D eigenvalue weighted by atomic mass is 16.4. The van der Waals surface area contributed by atoms with E-state index in [4.69, 9.17) is 5.11 Å². The lowest BCUT2D eigenvalue weighted by molar-refractivity contribution is -0.140. The number of nitrogens with zero attached hydrogens (tertiary/aromatic N) is 3. The fourth-order valence-electron chi connectivity index (χ4n) is 1.73. The molecule has 0 aliphatic carbocycles. The van der Waals surface area contributed by atoms with Gasteiger partial charge in [-0.25, -0.2) is 4.79 Å². The first-order chi connectivity index (χ1) is 8.11. The molecule has 0 radical (unpaired) electrons. The van der Waals surface area contributed by atoms with Gasteiger partial charge >= 0.3 is 5.97 Å². The summed E-state index contributed by atoms with van der Waals surface area (Å²) in [5.74, 6) is 0.279. The van der Waals surface area contributed by atoms with E-state index in [1.807, 2.05) is 30.3 Å². The number of carbonyl (C=O) groups is 1. The van der Waals surface area contributed by atoms with Crippen LogP contribution in [0.1, 0.15) is 18.8 Å². The molecule has 0 spiro atoms. The average Bonchev–Trinajstić information content (AvgIpc) is 2.71. The van der Waals surface area contributed by atoms with Crippen LogP contribution in [0.15, 0.2) is 30.3 Å². The van der Waals surface area contributed by atoms with Crippen molar-refractivity contribution in [3.8, 4) is 11.4 Å². The second-order valence-electron chi connectivity index (χ2n) is 3.82. The molecule has 0 bridgehead atoms. The van der Waals surface area contributed by atoms with Gasteiger partial charge in [-0.05, 0) is 13.8 Å². The van der Waals surface area contributed by atoms with E-state index in [1.165, 1.54) is 0 Å². The van der Waals surface area contributed by atoms with Crippen LogP contribution in [0.4, 0.5) is 0 Å². The first kappa shape index (κ1) is 11.3. The number of benzene rings is 1. The van der Waals surface area contributed by atoms with Gasteiger partial charge in [0.15, 0.2) is 5.82 Å². The minimum absolute atomic E-state index is 0.581. The molecule has 88 valence electrons. The third kappa shape index (κ3) is 2.04. The molecule has 1 unspecified atom stereocenters. The highest BCUT2D eigenvalue weighted by Gasteiger charge is 2.20. The Bertz CT molecular complexity index is 534. The fourth-order valence-corrected chi connectivity index (χ4v) is 1.73. The monoisotopic (exact) mass is 231 g/mol. The van der Waals surface area contributed by atoms with Gasteiger partial charge in [0.25, 0.3) is 0 Å². The van der Waals surface area contributed by atoms with Crippen LogP contribution >= 0.6 is 0 Å². The molecule has 0 aliphatic heterocycles. The van der Waals surface area contributed by atoms with Crippen molar-refractivity contribution in [2.75, 3.05) is 0 Å². The van der Waals surface area contributed by atoms with Gasteiger partial charge < -0.3 is 5.11 Å². The van der Waals surface area contributed by atoms with Gasteiger partial charge in [-0.1, -0.05) is 30.3 Å². The van der Waals surface area contributed by atoms with Crippen molar-refractivity contribution in [3.05, 3.63) is 36.2 Å². The first-order valence-corrected chi connectivity index (χ1v) is 5.31. The number of aromatic nitrogens is 3. The summed E-state index contributed by atoms with van der Waals surface area (Å²) in [7, 11) is 0. The third-order valence-corrected chi connectivity index (χ3v) is 2.64. The Labute approximate surface area is 98.7 Å². The Kier molecular flexibility index (Phi) is 2.91. The van der Waals surface area contributed by atoms with Crippen LogP contribution in [-0.2, 0) is 4.79 Å². The fraction of sp³-hybridized carbons (Fsp3) is 0.250. The summed E-state index contributed by atoms with van der Waals surface area (Å²) in [6, 6.07) is 8.76. The topological polar surface area (TPSA) is 68.0 Å². The number of carboxylic acids is 1. The van der Waals surface area contributed by atoms with E-state index in [0.717, 1.165) is 5.56 Å². The van der Waals surface area contributed by atoms with Gasteiger partial charge in [-0.15, -0.1) is 10.2 Å². The van der Waals surface area contributed by atoms with Crippen molar-refractivity contribution in [2.24, 2.45) is 0 Å². The molecule has 5 nitrogen and oxygen atoms in total. The molecule has 2 rings (SSSR count). The third-order valence-electron chi connectivity index (χ3n) is 2.64. The minimum Gasteiger partial charge on any atom is -0.480 e. The Morgan fingerprint density at radius 2 is 1.94 bits per heavy atom. The Hall–Kier alpha value is -2.17. The normalized spacial score (nSPS) is 12.4. The molecular formula is C12H13N3O2. The smallest absolute Gasteiger partial charge is 0.326 e. The van der Waals surface area contributed by atoms with E-state index < -0.39 is 12.0 Å². The number of rotatable bonds is 3. The molecule has 1 aromatic heterocycles. The maximum Gasteiger partial charge on any atom is 0.326 e. The predicted octanol–water partition coefficient (Wildman–Crippen LogP) is 1.90. The summed E-state index contributed by atoms with van der Waals surface area (Å²) >= 11 is 0. The van der Waals surface area contributed by atoms with Crippen LogP contribution in [0.3, 0.4) is 0 Å². The zero-order chi connectivity index (χ0) is 12.4. The lowest BCUT2D eigenvalue weighted by atomic mass is 10.2. The molecule has 1 atom stereocenters. The highest BCUT2D eigenvalue weighted by molar-refractivity contribution is 5.72. The van der Waals surface area contributed by atoms with Gasteiger partial charge in [0.2, 0.25) is 0 Å². The molecule has 1 N–H and O–H groups in total. The largest absolute Gasteiger partial charge is 0.480 e. The summed E-state index contributed by atoms with van der Waals surface area (Å²) in [4.78, 5) is 11.1. The summed E-state index contributed by atoms with van der Waals surface area (Å²) in [5.41, 5.74) is 0.862. The maximum atomic E-state index is 11.1. The second kappa shape index (κ2) is 4.37. The molecule has 0 saturated carbocycles. The van der Waals surface area contributed by atoms with Crippen LogP contribution in [0, 0.1) is 6.92 Å². The van der Waals surface area contributed by atoms with E-state index in [2.05, 4.69) is 10.2 Å². The summed E-state index contributed by atoms with van der Waals surface area (Å²) in [5, 5.41) is 17.1. The number of carboxylic acid groups (broad SMARTS) is 1. The predicted molar refractivity (Wildman–Crippen MR) is 62.5 cm³/mol. The van der Waals surface area contributed by atoms with Crippen LogP contribution in [0.25, 0.3) is 11.4 Å². The van der Waals surface area contributed by atoms with Gasteiger partial charge in [-0.2, -0.15) is 0 Å². The Morgan fingerprint density at radius 1 is 1.29 bits per heavy atom. The zero-order valence-electron chi connectivity index (χ0n) is 9.66. The van der Waals surface area contributed by atoms with Crippen molar-refractivity contribution in [3.63, 3.8) is 0 Å². The summed E-state index contributed by atoms with van der Waals surface area (Å²) < 4.78 is 1.62. The number of hydrogen-bond donors (Lipinski definition) is 1. The van der Waals surface area contributed by atoms with Crippen molar-refractivity contribution < 1.29 is 9.90 Å². The van der Waals surface area contributed by atoms with E-state index in [9.17, 15) is 4.79 Å². The molecule has 0 aliphatic rings. The van der Waals surface area contributed by atoms with Crippen LogP contribution in [0.5, 0.6) is 0 Å². The van der Waals surface area contributed by atoms with E-state index in [1.54, 1.807) is 18.4 Å². The van der Waals surface area contributed by atoms with Crippen LogP contribution in [-0.4, -0.2) is 25.8 Å². The molecule has 17 heavy (non-hydrogen) atoms. The van der Waals surface area contributed by atoms with E-state index in [0.29, 0.717) is 11.6 Å². The lowest BCUT2D eigenvalue weighted by Gasteiger charge is -2.12. The maximum absolute atomic E-state index is 11.1. The van der Waals surface area contributed by atoms with Crippen molar-refractivity contribution in [2.45, 2.75) is 19.9 Å². The molecule has 0 fully saturated rings. The zero-order valence-corrected chi connectivity index (χ0v) is 9.66. The van der Waals surface area contributed by atoms with Crippen molar-refractivity contribution in [1.29, 1.82) is 0 Å². The van der Waals surface area contributed by atoms with Crippen molar-refractivity contribution in [1.82, 2.24) is 14.8 Å². The molecule has 0 amide bonds. The number of aliphatic carboxylic acids is 1. The first-order valence-electron chi connectivity index (χ1n) is 5.31. The van der Waals surface area contributed by atoms with E-state index in [-0.39, 0.29) is 0 Å². The molecule has 1 aromatic carbocycles. The molecule has 2 aromatic rings. The Balaban J connectivity index is 2.54. The van der Waals surface area contributed by atoms with Gasteiger partial charge in [0.05, 0.1) is 0 Å². The number of hydrogen-bond acceptors (Lipinski definition) is 3. The van der Waals surface area contributed by atoms with Gasteiger partial charge in [0, 0.05) is 5.56 Å². The standard InChI is InChI=1S/C12H13N3O2/c1-8(12(16)17)15-9(2)13-14-11(15)10-6-4-3-5-7-10/h3-8H,1-2H3,(H,16,17). The van der Waals surface area contributed by atoms with Crippen LogP contribution < -0.4 is 0 Å². The van der Waals surface area contributed by atoms with Crippen LogP contribution in [0.2, 0.25) is 0 Å².